The standard InChI is InChI=1S/C13H17F3N2.2ClH/c14-13(15,16)12-4-2-1-3-11(12)5-8-18-9-6-17-7-10-18;;/h1-4,17H,5-10H2;2*1H. The molecule has 1 N–H and O–H groups in total. The number of hydrogen-bond donors (Lipinski definition) is 1. The molecule has 1 saturated heterocycles. The van der Waals surface area contributed by atoms with Crippen LogP contribution in [0, 0.1) is 0 Å². The minimum Gasteiger partial charge on any atom is -0.314 e. The molecule has 0 aromatic heterocycles. The molecular weight excluding hydrogens is 312 g/mol. The maximum Gasteiger partial charge on any atom is 0.416 e. The largest absolute Gasteiger partial charge is 0.416 e. The lowest BCUT2D eigenvalue weighted by molar-refractivity contribution is -0.138. The van der Waals surface area contributed by atoms with E-state index >= 15 is 0 Å². The van der Waals surface area contributed by atoms with E-state index in [1.165, 1.54) is 6.07 Å². The second kappa shape index (κ2) is 8.72. The van der Waals surface area contributed by atoms with E-state index in [4.69, 9.17) is 0 Å². The average molecular weight is 331 g/mol. The van der Waals surface area contributed by atoms with Gasteiger partial charge in [-0.2, -0.15) is 13.2 Å². The van der Waals surface area contributed by atoms with Gasteiger partial charge in [-0.15, -0.1) is 24.8 Å². The lowest BCUT2D eigenvalue weighted by atomic mass is 10.0. The molecule has 1 heterocycles. The molecule has 1 fully saturated rings. The van der Waals surface area contributed by atoms with Gasteiger partial charge in [-0.1, -0.05) is 18.2 Å². The summed E-state index contributed by atoms with van der Waals surface area (Å²) in [6, 6.07) is 5.84. The number of piperazine rings is 1. The highest BCUT2D eigenvalue weighted by Crippen LogP contribution is 2.32. The zero-order valence-electron chi connectivity index (χ0n) is 10.9. The Morgan fingerprint density at radius 1 is 1.05 bits per heavy atom. The van der Waals surface area contributed by atoms with Gasteiger partial charge in [0.2, 0.25) is 0 Å². The van der Waals surface area contributed by atoms with E-state index in [0.717, 1.165) is 32.2 Å². The maximum atomic E-state index is 12.8. The van der Waals surface area contributed by atoms with Gasteiger partial charge in [0.05, 0.1) is 5.56 Å². The number of nitrogens with zero attached hydrogens (tertiary/aromatic N) is 1. The van der Waals surface area contributed by atoms with Gasteiger partial charge in [0.1, 0.15) is 0 Å². The Balaban J connectivity index is 0.00000180. The maximum absolute atomic E-state index is 12.8. The predicted molar refractivity (Wildman–Crippen MR) is 79.0 cm³/mol. The molecule has 0 atom stereocenters. The van der Waals surface area contributed by atoms with Crippen molar-refractivity contribution < 1.29 is 13.2 Å². The van der Waals surface area contributed by atoms with Gasteiger partial charge in [0.25, 0.3) is 0 Å². The first kappa shape index (κ1) is 19.5. The molecule has 0 aliphatic carbocycles. The first-order valence-corrected chi connectivity index (χ1v) is 6.15. The molecule has 116 valence electrons. The summed E-state index contributed by atoms with van der Waals surface area (Å²) in [7, 11) is 0. The molecule has 0 amide bonds. The fourth-order valence-electron chi connectivity index (χ4n) is 2.23. The normalized spacial score (nSPS) is 16.1. The zero-order chi connectivity index (χ0) is 13.0. The van der Waals surface area contributed by atoms with Crippen molar-refractivity contribution >= 4 is 24.8 Å². The van der Waals surface area contributed by atoms with Crippen LogP contribution in [0.5, 0.6) is 0 Å². The molecule has 1 aromatic carbocycles. The highest BCUT2D eigenvalue weighted by molar-refractivity contribution is 5.85. The van der Waals surface area contributed by atoms with E-state index in [-0.39, 0.29) is 24.8 Å². The molecule has 1 aromatic rings. The first-order valence-electron chi connectivity index (χ1n) is 6.15. The second-order valence-corrected chi connectivity index (χ2v) is 4.50. The van der Waals surface area contributed by atoms with Crippen LogP contribution in [0.25, 0.3) is 0 Å². The van der Waals surface area contributed by atoms with Crippen LogP contribution >= 0.6 is 24.8 Å². The highest BCUT2D eigenvalue weighted by Gasteiger charge is 2.32. The minimum absolute atomic E-state index is 0. The summed E-state index contributed by atoms with van der Waals surface area (Å²) >= 11 is 0. The van der Waals surface area contributed by atoms with Crippen LogP contribution in [0.15, 0.2) is 24.3 Å². The zero-order valence-corrected chi connectivity index (χ0v) is 12.6. The summed E-state index contributed by atoms with van der Waals surface area (Å²) in [6.45, 7) is 4.35. The number of nitrogens with one attached hydrogen (secondary N) is 1. The van der Waals surface area contributed by atoms with Crippen molar-refractivity contribution in [2.45, 2.75) is 12.6 Å². The summed E-state index contributed by atoms with van der Waals surface area (Å²) in [6.07, 6.45) is -3.80. The summed E-state index contributed by atoms with van der Waals surface area (Å²) in [4.78, 5) is 2.20. The van der Waals surface area contributed by atoms with Crippen molar-refractivity contribution in [2.75, 3.05) is 32.7 Å². The van der Waals surface area contributed by atoms with Crippen LogP contribution in [0.4, 0.5) is 13.2 Å². The SMILES string of the molecule is Cl.Cl.FC(F)(F)c1ccccc1CCN1CCNCC1. The predicted octanol–water partition coefficient (Wildman–Crippen LogP) is 3.00. The van der Waals surface area contributed by atoms with Crippen LogP contribution < -0.4 is 5.32 Å². The molecule has 0 spiro atoms. The average Bonchev–Trinajstić information content (AvgIpc) is 2.37. The highest BCUT2D eigenvalue weighted by atomic mass is 35.5. The van der Waals surface area contributed by atoms with Gasteiger partial charge in [-0.3, -0.25) is 0 Å². The fraction of sp³-hybridized carbons (Fsp3) is 0.538. The quantitative estimate of drug-likeness (QED) is 0.916. The van der Waals surface area contributed by atoms with Gasteiger partial charge in [-0.05, 0) is 18.1 Å². The topological polar surface area (TPSA) is 15.3 Å². The van der Waals surface area contributed by atoms with E-state index in [0.29, 0.717) is 18.5 Å². The molecule has 2 rings (SSSR count). The van der Waals surface area contributed by atoms with Crippen molar-refractivity contribution in [1.29, 1.82) is 0 Å². The Bertz CT molecular complexity index is 393. The smallest absolute Gasteiger partial charge is 0.314 e. The third-order valence-corrected chi connectivity index (χ3v) is 3.23. The van der Waals surface area contributed by atoms with E-state index in [1.807, 2.05) is 0 Å². The third-order valence-electron chi connectivity index (χ3n) is 3.23. The lowest BCUT2D eigenvalue weighted by Crippen LogP contribution is -2.44. The molecule has 7 heteroatoms. The van der Waals surface area contributed by atoms with Crippen molar-refractivity contribution in [2.24, 2.45) is 0 Å². The van der Waals surface area contributed by atoms with Crippen molar-refractivity contribution in [3.63, 3.8) is 0 Å². The number of rotatable bonds is 3. The van der Waals surface area contributed by atoms with E-state index in [2.05, 4.69) is 10.2 Å². The van der Waals surface area contributed by atoms with Crippen LogP contribution in [0.3, 0.4) is 0 Å². The Kier molecular flexibility index (Phi) is 8.51. The molecule has 0 saturated carbocycles. The van der Waals surface area contributed by atoms with Gasteiger partial charge < -0.3 is 10.2 Å². The van der Waals surface area contributed by atoms with Crippen molar-refractivity contribution in [3.05, 3.63) is 35.4 Å². The summed E-state index contributed by atoms with van der Waals surface area (Å²) in [5.74, 6) is 0. The van der Waals surface area contributed by atoms with Crippen molar-refractivity contribution in [1.82, 2.24) is 10.2 Å². The van der Waals surface area contributed by atoms with Gasteiger partial charge in [-0.25, -0.2) is 0 Å². The van der Waals surface area contributed by atoms with Crippen LogP contribution in [0.2, 0.25) is 0 Å². The monoisotopic (exact) mass is 330 g/mol. The third kappa shape index (κ3) is 5.48. The first-order chi connectivity index (χ1) is 8.57. The molecule has 0 radical (unpaired) electrons. The Labute approximate surface area is 129 Å². The summed E-state index contributed by atoms with van der Waals surface area (Å²) in [5.41, 5.74) is -0.108. The molecule has 0 bridgehead atoms. The molecule has 2 nitrogen and oxygen atoms in total. The number of hydrogen-bond acceptors (Lipinski definition) is 2. The number of benzene rings is 1. The van der Waals surface area contributed by atoms with E-state index in [9.17, 15) is 13.2 Å². The minimum atomic E-state index is -4.25. The molecule has 1 aliphatic rings. The molecule has 1 aliphatic heterocycles. The number of alkyl halides is 3. The van der Waals surface area contributed by atoms with E-state index in [1.54, 1.807) is 12.1 Å². The molecule has 20 heavy (non-hydrogen) atoms. The van der Waals surface area contributed by atoms with Crippen LogP contribution in [0.1, 0.15) is 11.1 Å². The Hall–Kier alpha value is -0.490. The number of halogens is 5. The molecular formula is C13H19Cl2F3N2. The van der Waals surface area contributed by atoms with Crippen molar-refractivity contribution in [3.8, 4) is 0 Å². The fourth-order valence-corrected chi connectivity index (χ4v) is 2.23. The van der Waals surface area contributed by atoms with Gasteiger partial charge in [0.15, 0.2) is 0 Å². The van der Waals surface area contributed by atoms with Gasteiger partial charge in [0, 0.05) is 32.7 Å². The van der Waals surface area contributed by atoms with Gasteiger partial charge >= 0.3 is 6.18 Å². The van der Waals surface area contributed by atoms with E-state index < -0.39 is 11.7 Å². The van der Waals surface area contributed by atoms with Crippen LogP contribution in [-0.4, -0.2) is 37.6 Å². The Morgan fingerprint density at radius 3 is 2.25 bits per heavy atom. The Morgan fingerprint density at radius 2 is 1.65 bits per heavy atom. The second-order valence-electron chi connectivity index (χ2n) is 4.50. The lowest BCUT2D eigenvalue weighted by Gasteiger charge is -2.27. The summed E-state index contributed by atoms with van der Waals surface area (Å²) in [5, 5.41) is 3.23. The molecule has 0 unspecified atom stereocenters. The summed E-state index contributed by atoms with van der Waals surface area (Å²) < 4.78 is 38.4. The van der Waals surface area contributed by atoms with Crippen LogP contribution in [-0.2, 0) is 12.6 Å².